The van der Waals surface area contributed by atoms with E-state index in [1.54, 1.807) is 24.5 Å². The lowest BCUT2D eigenvalue weighted by Gasteiger charge is -2.34. The molecule has 0 spiro atoms. The summed E-state index contributed by atoms with van der Waals surface area (Å²) in [5, 5.41) is 10.4. The van der Waals surface area contributed by atoms with Gasteiger partial charge < -0.3 is 29.8 Å². The number of piperidine rings is 1. The summed E-state index contributed by atoms with van der Waals surface area (Å²) in [5.41, 5.74) is 6.09. The summed E-state index contributed by atoms with van der Waals surface area (Å²) in [4.78, 5) is 68.5. The van der Waals surface area contributed by atoms with Crippen molar-refractivity contribution in [3.8, 4) is 11.3 Å². The van der Waals surface area contributed by atoms with Gasteiger partial charge in [0.05, 0.1) is 56.2 Å². The van der Waals surface area contributed by atoms with Gasteiger partial charge in [0.1, 0.15) is 23.8 Å². The lowest BCUT2D eigenvalue weighted by Crippen LogP contribution is -2.54. The maximum atomic E-state index is 13.2. The molecule has 0 saturated carbocycles. The minimum Gasteiger partial charge on any atom is -0.382 e. The van der Waals surface area contributed by atoms with E-state index >= 15 is 0 Å². The van der Waals surface area contributed by atoms with Crippen LogP contribution < -0.4 is 16.0 Å². The number of nitrogens with zero attached hydrogens (tertiary/aromatic N) is 5. The lowest BCUT2D eigenvalue weighted by molar-refractivity contribution is -0.136. The number of hydrogen-bond acceptors (Lipinski definition) is 13. The lowest BCUT2D eigenvalue weighted by atomic mass is 10.0. The number of rotatable bonds is 20. The topological polar surface area (TPSA) is 183 Å². The number of fused-ring (bicyclic) bond motifs is 2. The van der Waals surface area contributed by atoms with E-state index in [-0.39, 0.29) is 24.0 Å². The molecule has 2 fully saturated rings. The predicted molar refractivity (Wildman–Crippen MR) is 234 cm³/mol. The van der Waals surface area contributed by atoms with Gasteiger partial charge in [-0.2, -0.15) is 0 Å². The molecule has 324 valence electrons. The molecule has 2 saturated heterocycles. The van der Waals surface area contributed by atoms with Crippen molar-refractivity contribution in [2.45, 2.75) is 32.0 Å². The Labute approximate surface area is 364 Å². The largest absolute Gasteiger partial charge is 0.382 e. The number of ether oxygens (including phenoxy) is 3. The van der Waals surface area contributed by atoms with Crippen LogP contribution in [0.3, 0.4) is 0 Å². The van der Waals surface area contributed by atoms with Crippen LogP contribution in [0.25, 0.3) is 22.3 Å². The van der Waals surface area contributed by atoms with Crippen molar-refractivity contribution in [3.63, 3.8) is 0 Å². The first-order valence-corrected chi connectivity index (χ1v) is 21.4. The van der Waals surface area contributed by atoms with Crippen molar-refractivity contribution in [2.75, 3.05) is 89.5 Å². The molecule has 2 aromatic heterocycles. The number of anilines is 2. The van der Waals surface area contributed by atoms with Gasteiger partial charge in [-0.3, -0.25) is 39.2 Å². The highest BCUT2D eigenvalue weighted by molar-refractivity contribution is 6.31. The Hall–Kier alpha value is -5.75. The molecule has 3 aliphatic rings. The fourth-order valence-corrected chi connectivity index (χ4v) is 8.13. The third-order valence-electron chi connectivity index (χ3n) is 11.3. The molecule has 62 heavy (non-hydrogen) atoms. The second kappa shape index (κ2) is 20.4. The Bertz CT molecular complexity index is 2390. The third-order valence-corrected chi connectivity index (χ3v) is 11.7. The number of piperazine rings is 1. The van der Waals surface area contributed by atoms with Gasteiger partial charge in [0, 0.05) is 75.2 Å². The smallest absolute Gasteiger partial charge is 0.264 e. The second-order valence-electron chi connectivity index (χ2n) is 15.4. The van der Waals surface area contributed by atoms with Crippen molar-refractivity contribution < 1.29 is 33.4 Å². The van der Waals surface area contributed by atoms with E-state index in [2.05, 4.69) is 71.0 Å². The van der Waals surface area contributed by atoms with Crippen LogP contribution in [0, 0.1) is 0 Å². The fraction of sp³-hybridized carbons (Fsp3) is 0.378. The molecule has 8 rings (SSSR count). The number of benzene rings is 3. The van der Waals surface area contributed by atoms with Crippen molar-refractivity contribution in [2.24, 2.45) is 0 Å². The van der Waals surface area contributed by atoms with E-state index in [1.165, 1.54) is 5.56 Å². The molecular formula is C45H50ClN9O7. The van der Waals surface area contributed by atoms with Gasteiger partial charge in [0.2, 0.25) is 11.8 Å². The van der Waals surface area contributed by atoms with Crippen molar-refractivity contribution in [1.82, 2.24) is 35.0 Å². The van der Waals surface area contributed by atoms with E-state index in [1.807, 2.05) is 24.3 Å². The van der Waals surface area contributed by atoms with Crippen LogP contribution in [0.4, 0.5) is 11.5 Å². The zero-order valence-corrected chi connectivity index (χ0v) is 35.1. The van der Waals surface area contributed by atoms with Crippen LogP contribution in [0.2, 0.25) is 5.02 Å². The van der Waals surface area contributed by atoms with E-state index in [9.17, 15) is 19.2 Å². The summed E-state index contributed by atoms with van der Waals surface area (Å²) in [6, 6.07) is 22.5. The molecule has 1 unspecified atom stereocenters. The molecule has 3 aliphatic heterocycles. The van der Waals surface area contributed by atoms with Crippen LogP contribution in [-0.4, -0.2) is 138 Å². The van der Waals surface area contributed by atoms with Crippen LogP contribution in [0.15, 0.2) is 79.1 Å². The van der Waals surface area contributed by atoms with Gasteiger partial charge in [-0.15, -0.1) is 0 Å². The minimum atomic E-state index is -1.01. The normalized spacial score (nSPS) is 17.2. The molecule has 0 radical (unpaired) electrons. The molecule has 5 aromatic rings. The molecule has 0 bridgehead atoms. The van der Waals surface area contributed by atoms with Gasteiger partial charge in [0.15, 0.2) is 0 Å². The molecule has 0 aliphatic carbocycles. The average molecular weight is 864 g/mol. The third kappa shape index (κ3) is 10.3. The maximum Gasteiger partial charge on any atom is 0.264 e. The molecule has 4 N–H and O–H groups in total. The summed E-state index contributed by atoms with van der Waals surface area (Å²) in [6.07, 6.45) is 1.74. The number of aromatic nitrogens is 3. The number of imide groups is 2. The summed E-state index contributed by atoms with van der Waals surface area (Å²) in [5.74, 6) is -1.37. The number of halogens is 1. The van der Waals surface area contributed by atoms with Crippen molar-refractivity contribution >= 4 is 57.8 Å². The number of H-pyrrole nitrogens is 1. The monoisotopic (exact) mass is 863 g/mol. The summed E-state index contributed by atoms with van der Waals surface area (Å²) < 4.78 is 17.2. The quantitative estimate of drug-likeness (QED) is 0.0632. The molecule has 17 heteroatoms. The van der Waals surface area contributed by atoms with Crippen LogP contribution >= 0.6 is 11.6 Å². The highest BCUT2D eigenvalue weighted by Crippen LogP contribution is 2.33. The molecule has 5 heterocycles. The first kappa shape index (κ1) is 42.9. The Balaban J connectivity index is 0.663. The van der Waals surface area contributed by atoms with Crippen molar-refractivity contribution in [1.29, 1.82) is 0 Å². The highest BCUT2D eigenvalue weighted by Gasteiger charge is 2.45. The summed E-state index contributed by atoms with van der Waals surface area (Å²) in [7, 11) is 0. The van der Waals surface area contributed by atoms with Crippen LogP contribution in [0.1, 0.15) is 44.7 Å². The van der Waals surface area contributed by atoms with E-state index < -0.39 is 29.7 Å². The van der Waals surface area contributed by atoms with Gasteiger partial charge in [-0.25, -0.2) is 9.97 Å². The average Bonchev–Trinajstić information content (AvgIpc) is 3.83. The first-order valence-electron chi connectivity index (χ1n) is 21.0. The molecular weight excluding hydrogens is 814 g/mol. The van der Waals surface area contributed by atoms with Gasteiger partial charge in [-0.1, -0.05) is 60.1 Å². The predicted octanol–water partition coefficient (Wildman–Crippen LogP) is 4.57. The number of carbonyl (C=O) groups is 4. The number of carbonyl (C=O) groups excluding carboxylic acids is 4. The Morgan fingerprint density at radius 3 is 2.29 bits per heavy atom. The van der Waals surface area contributed by atoms with E-state index in [0.29, 0.717) is 58.4 Å². The minimum absolute atomic E-state index is 0.0706. The highest BCUT2D eigenvalue weighted by atomic mass is 35.5. The van der Waals surface area contributed by atoms with Crippen LogP contribution in [0.5, 0.6) is 0 Å². The zero-order chi connectivity index (χ0) is 42.8. The molecule has 4 amide bonds. The number of amides is 4. The summed E-state index contributed by atoms with van der Waals surface area (Å²) >= 11 is 6.35. The standard InChI is InChI=1S/C45H50ClN9O7/c46-35-6-2-1-4-32(35)27-48-41-34-26-37(51-42(34)50-29-49-41)31-10-8-30(9-11-31)28-54-17-15-53(16-18-54)19-21-61-23-25-62-24-22-60-20-14-47-36-7-3-5-33-40(36)45(59)55(44(33)58)38-12-13-39(56)52-43(38)57/h1-11,26,29,38,47H,12-25,27-28H2,(H,52,56,57)(H2,48,49,50,51). The molecule has 16 nitrogen and oxygen atoms in total. The number of hydrogen-bond donors (Lipinski definition) is 4. The van der Waals surface area contributed by atoms with Crippen LogP contribution in [-0.2, 0) is 36.9 Å². The number of aromatic amines is 1. The Morgan fingerprint density at radius 1 is 0.774 bits per heavy atom. The zero-order valence-electron chi connectivity index (χ0n) is 34.4. The Kier molecular flexibility index (Phi) is 14.1. The molecule has 3 aromatic carbocycles. The van der Waals surface area contributed by atoms with Gasteiger partial charge >= 0.3 is 0 Å². The van der Waals surface area contributed by atoms with Crippen molar-refractivity contribution in [3.05, 3.63) is 106 Å². The van der Waals surface area contributed by atoms with Gasteiger partial charge in [-0.05, 0) is 47.4 Å². The van der Waals surface area contributed by atoms with Gasteiger partial charge in [0.25, 0.3) is 11.8 Å². The molecule has 1 atom stereocenters. The van der Waals surface area contributed by atoms with E-state index in [4.69, 9.17) is 25.8 Å². The second-order valence-corrected chi connectivity index (χ2v) is 15.8. The van der Waals surface area contributed by atoms with E-state index in [0.717, 1.165) is 82.9 Å². The SMILES string of the molecule is O=C1CCC(N2C(=O)c3cccc(NCCOCCOCCOCCN4CCN(Cc5ccc(-c6cc7c(NCc8ccccc8Cl)ncnc7[nH]6)cc5)CC4)c3C2=O)C(=O)N1. The fourth-order valence-electron chi connectivity index (χ4n) is 7.93. The summed E-state index contributed by atoms with van der Waals surface area (Å²) in [6.45, 7) is 9.54. The number of nitrogens with one attached hydrogen (secondary N) is 4. The maximum absolute atomic E-state index is 13.2. The first-order chi connectivity index (χ1) is 30.3. The Morgan fingerprint density at radius 2 is 1.52 bits per heavy atom.